The standard InChI is InChI=1S/C25H29BrO5.C18H24O5.C7H7BrO.2CH4/c1-24(12-11-22(30)31-14-15-5-3-4-6-18(15)26)20(28)9-7-16-17-8-10-21(29)25(17,2)13-19(27)23(16)24;1-17(8-7-15(22)23)13(20)5-3-10-11-4-6-14(21)18(11,2)9-12(19)16(10)17;8-7-4-2-1-3-6(7)5-9;;/h3-6,16-17,23H,7-14H2,1-2H3;10-11,16H,3-9H2,1-2H3,(H,22,23);1-4,9H,5H2;2*1H4/t16-,17-,23+,24-,25-;10-,11-,16+,17-,18-;;;/m00.../s1. The lowest BCUT2D eigenvalue weighted by Crippen LogP contribution is -2.56. The van der Waals surface area contributed by atoms with Crippen molar-refractivity contribution in [3.05, 3.63) is 68.6 Å². The van der Waals surface area contributed by atoms with Crippen LogP contribution in [0.5, 0.6) is 0 Å². The minimum atomic E-state index is -0.940. The van der Waals surface area contributed by atoms with E-state index < -0.39 is 39.5 Å². The molecule has 65 heavy (non-hydrogen) atoms. The lowest BCUT2D eigenvalue weighted by molar-refractivity contribution is -0.161. The highest BCUT2D eigenvalue weighted by Crippen LogP contribution is 2.62. The molecule has 6 fully saturated rings. The normalized spacial score (nSPS) is 33.3. The Morgan fingerprint density at radius 2 is 1.02 bits per heavy atom. The molecule has 6 aliphatic rings. The third-order valence-corrected chi connectivity index (χ3v) is 17.7. The van der Waals surface area contributed by atoms with Gasteiger partial charge in [-0.2, -0.15) is 0 Å². The molecule has 356 valence electrons. The molecule has 0 bridgehead atoms. The summed E-state index contributed by atoms with van der Waals surface area (Å²) in [6.45, 7) is 7.73. The maximum Gasteiger partial charge on any atom is 0.306 e. The molecule has 6 saturated carbocycles. The van der Waals surface area contributed by atoms with Gasteiger partial charge < -0.3 is 14.9 Å². The van der Waals surface area contributed by atoms with Crippen molar-refractivity contribution in [1.82, 2.24) is 0 Å². The van der Waals surface area contributed by atoms with Crippen molar-refractivity contribution in [3.63, 3.8) is 0 Å². The maximum absolute atomic E-state index is 13.3. The van der Waals surface area contributed by atoms with Gasteiger partial charge >= 0.3 is 11.9 Å². The maximum atomic E-state index is 13.3. The number of esters is 1. The highest BCUT2D eigenvalue weighted by Gasteiger charge is 2.64. The molecule has 2 aromatic carbocycles. The van der Waals surface area contributed by atoms with Crippen LogP contribution < -0.4 is 0 Å². The predicted octanol–water partition coefficient (Wildman–Crippen LogP) is 10.5. The number of rotatable bonds is 9. The Hall–Kier alpha value is -3.68. The number of Topliss-reactive ketones (excluding diaryl/α,β-unsaturated/α-hetero) is 6. The fourth-order valence-corrected chi connectivity index (χ4v) is 13.4. The van der Waals surface area contributed by atoms with Crippen molar-refractivity contribution in [1.29, 1.82) is 0 Å². The minimum absolute atomic E-state index is 0. The molecule has 2 aromatic rings. The molecule has 0 aromatic heterocycles. The average Bonchev–Trinajstić information content (AvgIpc) is 3.71. The van der Waals surface area contributed by atoms with Gasteiger partial charge in [0.1, 0.15) is 41.3 Å². The summed E-state index contributed by atoms with van der Waals surface area (Å²) >= 11 is 6.74. The second kappa shape index (κ2) is 21.5. The molecule has 0 amide bonds. The number of carboxylic acids is 1. The van der Waals surface area contributed by atoms with E-state index in [9.17, 15) is 38.4 Å². The van der Waals surface area contributed by atoms with Gasteiger partial charge in [0.2, 0.25) is 0 Å². The zero-order valence-corrected chi connectivity index (χ0v) is 39.9. The molecule has 11 nitrogen and oxygen atoms in total. The molecule has 2 N–H and O–H groups in total. The number of carbonyl (C=O) groups is 8. The third-order valence-electron chi connectivity index (χ3n) is 16.2. The van der Waals surface area contributed by atoms with Gasteiger partial charge in [-0.05, 0) is 79.9 Å². The number of aliphatic hydroxyl groups excluding tert-OH is 1. The van der Waals surface area contributed by atoms with Crippen molar-refractivity contribution in [2.45, 2.75) is 146 Å². The van der Waals surface area contributed by atoms with Crippen LogP contribution in [0.25, 0.3) is 0 Å². The Kier molecular flexibility index (Phi) is 17.9. The first-order chi connectivity index (χ1) is 29.7. The van der Waals surface area contributed by atoms with E-state index in [1.54, 1.807) is 6.92 Å². The number of halogens is 2. The zero-order valence-electron chi connectivity index (χ0n) is 36.7. The van der Waals surface area contributed by atoms with Gasteiger partial charge in [0.15, 0.2) is 0 Å². The Morgan fingerprint density at radius 3 is 1.42 bits per heavy atom. The predicted molar refractivity (Wildman–Crippen MR) is 253 cm³/mol. The Labute approximate surface area is 401 Å². The lowest BCUT2D eigenvalue weighted by atomic mass is 9.48. The van der Waals surface area contributed by atoms with Crippen LogP contribution >= 0.6 is 31.9 Å². The van der Waals surface area contributed by atoms with Crippen LogP contribution in [0.3, 0.4) is 0 Å². The molecule has 0 aliphatic heterocycles. The lowest BCUT2D eigenvalue weighted by Gasteiger charge is -2.52. The monoisotopic (exact) mass is 1030 g/mol. The summed E-state index contributed by atoms with van der Waals surface area (Å²) < 4.78 is 7.27. The van der Waals surface area contributed by atoms with Crippen LogP contribution in [-0.2, 0) is 56.3 Å². The Bertz CT molecular complexity index is 2170. The van der Waals surface area contributed by atoms with Crippen LogP contribution in [0.4, 0.5) is 0 Å². The summed E-state index contributed by atoms with van der Waals surface area (Å²) in [7, 11) is 0. The number of fused-ring (bicyclic) bond motifs is 6. The summed E-state index contributed by atoms with van der Waals surface area (Å²) in [5.74, 6) is -1.22. The summed E-state index contributed by atoms with van der Waals surface area (Å²) in [5, 5.41) is 17.7. The molecule has 6 aliphatic carbocycles. The van der Waals surface area contributed by atoms with E-state index in [1.165, 1.54) is 0 Å². The van der Waals surface area contributed by atoms with Gasteiger partial charge in [-0.15, -0.1) is 0 Å². The molecule has 0 saturated heterocycles. The average molecular weight is 1030 g/mol. The summed E-state index contributed by atoms with van der Waals surface area (Å²) in [6.07, 6.45) is 5.77. The SMILES string of the molecule is C.C.C[C@]1(CCC(=O)O)C(=O)CC[C@@H]2[C@@H]1C(=O)C[C@]1(C)C(=O)CC[C@@H]21.C[C@]1(CCC(=O)OCc2ccccc2Br)C(=O)CC[C@@H]2[C@@H]1C(=O)C[C@]1(C)C(=O)CC[C@@H]21.OCc1ccccc1Br. The third kappa shape index (κ3) is 10.6. The molecule has 0 heterocycles. The van der Waals surface area contributed by atoms with Crippen molar-refractivity contribution in [3.8, 4) is 0 Å². The Morgan fingerprint density at radius 1 is 0.615 bits per heavy atom. The molecule has 0 radical (unpaired) electrons. The molecule has 13 heteroatoms. The first kappa shape index (κ1) is 53.9. The number of ketones is 6. The summed E-state index contributed by atoms with van der Waals surface area (Å²) in [4.78, 5) is 99.9. The van der Waals surface area contributed by atoms with Gasteiger partial charge in [0.25, 0.3) is 0 Å². The highest BCUT2D eigenvalue weighted by atomic mass is 79.9. The van der Waals surface area contributed by atoms with Crippen molar-refractivity contribution >= 4 is 78.5 Å². The first-order valence-corrected chi connectivity index (χ1v) is 23.9. The quantitative estimate of drug-likeness (QED) is 0.228. The van der Waals surface area contributed by atoms with Gasteiger partial charge in [-0.1, -0.05) is 111 Å². The number of aliphatic carboxylic acids is 1. The number of hydrogen-bond acceptors (Lipinski definition) is 10. The van der Waals surface area contributed by atoms with Crippen LogP contribution in [0.2, 0.25) is 0 Å². The minimum Gasteiger partial charge on any atom is -0.481 e. The van der Waals surface area contributed by atoms with Gasteiger partial charge in [-0.25, -0.2) is 0 Å². The first-order valence-electron chi connectivity index (χ1n) is 22.3. The summed E-state index contributed by atoms with van der Waals surface area (Å²) in [5.41, 5.74) is -1.07. The van der Waals surface area contributed by atoms with Crippen LogP contribution in [0.1, 0.15) is 144 Å². The van der Waals surface area contributed by atoms with Crippen molar-refractivity contribution in [2.24, 2.45) is 57.2 Å². The summed E-state index contributed by atoms with van der Waals surface area (Å²) in [6, 6.07) is 15.2. The number of aliphatic hydroxyl groups is 1. The Balaban J connectivity index is 0.000000239. The van der Waals surface area contributed by atoms with Gasteiger partial charge in [0.05, 0.1) is 6.61 Å². The van der Waals surface area contributed by atoms with E-state index in [4.69, 9.17) is 14.9 Å². The fourth-order valence-electron chi connectivity index (χ4n) is 12.6. The van der Waals surface area contributed by atoms with Crippen molar-refractivity contribution < 1.29 is 53.3 Å². The molecule has 0 unspecified atom stereocenters. The van der Waals surface area contributed by atoms with E-state index in [-0.39, 0.29) is 125 Å². The van der Waals surface area contributed by atoms with E-state index in [1.807, 2.05) is 69.3 Å². The van der Waals surface area contributed by atoms with E-state index in [0.717, 1.165) is 32.9 Å². The number of ether oxygens (including phenoxy) is 1. The molecule has 0 spiro atoms. The van der Waals surface area contributed by atoms with E-state index in [2.05, 4.69) is 31.9 Å². The zero-order chi connectivity index (χ0) is 46.1. The van der Waals surface area contributed by atoms with E-state index >= 15 is 0 Å². The second-order valence-corrected chi connectivity index (χ2v) is 21.4. The van der Waals surface area contributed by atoms with Crippen LogP contribution in [-0.4, -0.2) is 56.9 Å². The van der Waals surface area contributed by atoms with E-state index in [0.29, 0.717) is 44.9 Å². The number of carbonyl (C=O) groups excluding carboxylic acids is 7. The van der Waals surface area contributed by atoms with Crippen molar-refractivity contribution in [2.75, 3.05) is 0 Å². The van der Waals surface area contributed by atoms with Gasteiger partial charge in [0, 0.05) is 99.4 Å². The topological polar surface area (TPSA) is 186 Å². The number of hydrogen-bond donors (Lipinski definition) is 2. The molecular weight excluding hydrogens is 960 g/mol. The second-order valence-electron chi connectivity index (χ2n) is 19.7. The highest BCUT2D eigenvalue weighted by molar-refractivity contribution is 9.10. The molecule has 8 rings (SSSR count). The smallest absolute Gasteiger partial charge is 0.306 e. The molecule has 10 atom stereocenters. The number of benzene rings is 2. The number of carboxylic acid groups (broad SMARTS) is 1. The molecular formula is C52H68Br2O11. The fraction of sp³-hybridized carbons (Fsp3) is 0.615. The van der Waals surface area contributed by atoms with Gasteiger partial charge in [-0.3, -0.25) is 38.4 Å². The van der Waals surface area contributed by atoms with Crippen LogP contribution in [0.15, 0.2) is 57.5 Å². The van der Waals surface area contributed by atoms with Crippen LogP contribution in [0, 0.1) is 57.2 Å². The largest absolute Gasteiger partial charge is 0.481 e.